The van der Waals surface area contributed by atoms with E-state index in [0.29, 0.717) is 17.2 Å². The molecule has 1 N–H and O–H groups in total. The minimum atomic E-state index is 0.653. The Morgan fingerprint density at radius 2 is 2.05 bits per heavy atom. The van der Waals surface area contributed by atoms with Crippen LogP contribution in [0.5, 0.6) is 5.75 Å². The average molecular weight is 399 g/mol. The molecule has 20 heavy (non-hydrogen) atoms. The predicted molar refractivity (Wildman–Crippen MR) is 83.5 cm³/mol. The van der Waals surface area contributed by atoms with Crippen LogP contribution in [0.25, 0.3) is 11.0 Å². The molecule has 3 rings (SSSR count). The molecule has 7 heteroatoms. The number of anilines is 2. The molecule has 2 aromatic heterocycles. The molecule has 0 amide bonds. The number of rotatable bonds is 3. The Labute approximate surface area is 131 Å². The lowest BCUT2D eigenvalue weighted by atomic mass is 10.2. The minimum Gasteiger partial charge on any atom is -0.497 e. The van der Waals surface area contributed by atoms with E-state index in [9.17, 15) is 0 Å². The molecule has 3 aromatic rings. The molecule has 0 saturated carbocycles. The van der Waals surface area contributed by atoms with Gasteiger partial charge in [0.1, 0.15) is 11.6 Å². The second-order valence-electron chi connectivity index (χ2n) is 4.02. The quantitative estimate of drug-likeness (QED) is 0.703. The van der Waals surface area contributed by atoms with E-state index in [1.54, 1.807) is 25.6 Å². The fourth-order valence-corrected chi connectivity index (χ4v) is 2.89. The third-order valence-electron chi connectivity index (χ3n) is 2.75. The zero-order chi connectivity index (χ0) is 14.1. The van der Waals surface area contributed by atoms with Gasteiger partial charge in [-0.25, -0.2) is 4.98 Å². The van der Waals surface area contributed by atoms with Crippen LogP contribution in [0.2, 0.25) is 0 Å². The van der Waals surface area contributed by atoms with Gasteiger partial charge in [0.25, 0.3) is 0 Å². The van der Waals surface area contributed by atoms with Crippen molar-refractivity contribution in [1.29, 1.82) is 0 Å². The first-order chi connectivity index (χ1) is 9.67. The molecule has 0 aliphatic carbocycles. The molecule has 1 aromatic carbocycles. The smallest absolute Gasteiger partial charge is 0.172 e. The van der Waals surface area contributed by atoms with Gasteiger partial charge in [0.05, 0.1) is 28.9 Å². The zero-order valence-corrected chi connectivity index (χ0v) is 13.5. The molecule has 0 saturated heterocycles. The van der Waals surface area contributed by atoms with Gasteiger partial charge >= 0.3 is 0 Å². The fraction of sp³-hybridized carbons (Fsp3) is 0.0769. The van der Waals surface area contributed by atoms with Gasteiger partial charge in [0.15, 0.2) is 5.58 Å². The van der Waals surface area contributed by atoms with E-state index in [1.165, 1.54) is 0 Å². The number of pyridine rings is 1. The van der Waals surface area contributed by atoms with Crippen molar-refractivity contribution in [2.75, 3.05) is 12.4 Å². The van der Waals surface area contributed by atoms with Gasteiger partial charge in [-0.15, -0.1) is 0 Å². The number of fused-ring (bicyclic) bond motifs is 1. The first-order valence-corrected chi connectivity index (χ1v) is 7.26. The largest absolute Gasteiger partial charge is 0.497 e. The monoisotopic (exact) mass is 397 g/mol. The van der Waals surface area contributed by atoms with Crippen LogP contribution in [0.4, 0.5) is 11.5 Å². The van der Waals surface area contributed by atoms with Crippen molar-refractivity contribution in [2.24, 2.45) is 0 Å². The number of halogens is 2. The molecular weight excluding hydrogens is 390 g/mol. The summed E-state index contributed by atoms with van der Waals surface area (Å²) in [7, 11) is 1.61. The molecule has 2 heterocycles. The van der Waals surface area contributed by atoms with Crippen molar-refractivity contribution >= 4 is 54.3 Å². The second kappa shape index (κ2) is 5.41. The Balaban J connectivity index is 2.07. The van der Waals surface area contributed by atoms with Gasteiger partial charge in [-0.2, -0.15) is 0 Å². The Kier molecular flexibility index (Phi) is 3.62. The van der Waals surface area contributed by atoms with Crippen molar-refractivity contribution in [3.63, 3.8) is 0 Å². The van der Waals surface area contributed by atoms with Crippen molar-refractivity contribution in [2.45, 2.75) is 0 Å². The normalized spacial score (nSPS) is 10.8. The lowest BCUT2D eigenvalue weighted by Crippen LogP contribution is -1.96. The van der Waals surface area contributed by atoms with Crippen LogP contribution in [0.15, 0.2) is 44.1 Å². The summed E-state index contributed by atoms with van der Waals surface area (Å²) >= 11 is 6.84. The summed E-state index contributed by atoms with van der Waals surface area (Å²) < 4.78 is 12.2. The Bertz CT molecular complexity index is 773. The van der Waals surface area contributed by atoms with Crippen molar-refractivity contribution < 1.29 is 9.26 Å². The molecule has 0 atom stereocenters. The highest BCUT2D eigenvalue weighted by molar-refractivity contribution is 9.11. The first-order valence-electron chi connectivity index (χ1n) is 5.68. The maximum absolute atomic E-state index is 5.25. The summed E-state index contributed by atoms with van der Waals surface area (Å²) in [5.74, 6) is 1.38. The van der Waals surface area contributed by atoms with E-state index >= 15 is 0 Å². The molecule has 0 aliphatic rings. The van der Waals surface area contributed by atoms with Gasteiger partial charge in [0, 0.05) is 22.8 Å². The van der Waals surface area contributed by atoms with Crippen LogP contribution < -0.4 is 10.1 Å². The Morgan fingerprint density at radius 3 is 2.80 bits per heavy atom. The number of nitrogens with one attached hydrogen (secondary N) is 1. The summed E-state index contributed by atoms with van der Waals surface area (Å²) in [5, 5.41) is 7.91. The average Bonchev–Trinajstić information content (AvgIpc) is 2.90. The van der Waals surface area contributed by atoms with Crippen LogP contribution in [0.1, 0.15) is 0 Å². The second-order valence-corrected chi connectivity index (χ2v) is 5.79. The van der Waals surface area contributed by atoms with Gasteiger partial charge in [-0.1, -0.05) is 5.16 Å². The topological polar surface area (TPSA) is 60.2 Å². The predicted octanol–water partition coefficient (Wildman–Crippen LogP) is 4.50. The standard InChI is InChI=1S/C13H9Br2N3O2/c1-19-8-3-11(9-6-17-20-12(9)4-8)18-13-10(15)2-7(14)5-16-13/h2-6H,1H3,(H,16,18). The van der Waals surface area contributed by atoms with Gasteiger partial charge < -0.3 is 14.6 Å². The maximum Gasteiger partial charge on any atom is 0.172 e. The first kappa shape index (κ1) is 13.4. The van der Waals surface area contributed by atoms with Crippen molar-refractivity contribution in [3.8, 4) is 5.75 Å². The molecule has 0 spiro atoms. The molecule has 0 fully saturated rings. The van der Waals surface area contributed by atoms with E-state index in [1.807, 2.05) is 12.1 Å². The van der Waals surface area contributed by atoms with E-state index < -0.39 is 0 Å². The molecular formula is C13H9Br2N3O2. The van der Waals surface area contributed by atoms with Crippen LogP contribution in [-0.4, -0.2) is 17.3 Å². The van der Waals surface area contributed by atoms with Crippen molar-refractivity contribution in [3.05, 3.63) is 39.5 Å². The Hall–Kier alpha value is -1.60. The number of methoxy groups -OCH3 is 1. The fourth-order valence-electron chi connectivity index (χ4n) is 1.80. The SMILES string of the molecule is COc1cc(Nc2ncc(Br)cc2Br)c2cnoc2c1. The number of benzene rings is 1. The third kappa shape index (κ3) is 2.51. The van der Waals surface area contributed by atoms with Gasteiger partial charge in [-0.3, -0.25) is 0 Å². The van der Waals surface area contributed by atoms with Crippen LogP contribution in [0, 0.1) is 0 Å². The van der Waals surface area contributed by atoms with Crippen LogP contribution in [-0.2, 0) is 0 Å². The van der Waals surface area contributed by atoms with Crippen molar-refractivity contribution in [1.82, 2.24) is 10.1 Å². The summed E-state index contributed by atoms with van der Waals surface area (Å²) in [6.07, 6.45) is 3.38. The molecule has 0 bridgehead atoms. The molecule has 0 radical (unpaired) electrons. The van der Waals surface area contributed by atoms with Crippen LogP contribution in [0.3, 0.4) is 0 Å². The lowest BCUT2D eigenvalue weighted by molar-refractivity contribution is 0.412. The maximum atomic E-state index is 5.25. The molecule has 5 nitrogen and oxygen atoms in total. The van der Waals surface area contributed by atoms with Gasteiger partial charge in [0.2, 0.25) is 0 Å². The number of hydrogen-bond donors (Lipinski definition) is 1. The highest BCUT2D eigenvalue weighted by atomic mass is 79.9. The zero-order valence-electron chi connectivity index (χ0n) is 10.4. The number of nitrogens with zero attached hydrogens (tertiary/aromatic N) is 2. The molecule has 0 unspecified atom stereocenters. The molecule has 102 valence electrons. The van der Waals surface area contributed by atoms with E-state index in [2.05, 4.69) is 47.3 Å². The number of hydrogen-bond acceptors (Lipinski definition) is 5. The summed E-state index contributed by atoms with van der Waals surface area (Å²) in [6.45, 7) is 0. The third-order valence-corrected chi connectivity index (χ3v) is 3.78. The number of aromatic nitrogens is 2. The van der Waals surface area contributed by atoms with Gasteiger partial charge in [-0.05, 0) is 37.9 Å². The summed E-state index contributed by atoms with van der Waals surface area (Å²) in [4.78, 5) is 4.32. The number of ether oxygens (including phenoxy) is 1. The minimum absolute atomic E-state index is 0.653. The van der Waals surface area contributed by atoms with E-state index in [4.69, 9.17) is 9.26 Å². The summed E-state index contributed by atoms with van der Waals surface area (Å²) in [5.41, 5.74) is 1.47. The highest BCUT2D eigenvalue weighted by Gasteiger charge is 2.11. The summed E-state index contributed by atoms with van der Waals surface area (Å²) in [6, 6.07) is 5.58. The highest BCUT2D eigenvalue weighted by Crippen LogP contribution is 2.33. The van der Waals surface area contributed by atoms with E-state index in [0.717, 1.165) is 20.0 Å². The Morgan fingerprint density at radius 1 is 1.20 bits per heavy atom. The molecule has 0 aliphatic heterocycles. The van der Waals surface area contributed by atoms with E-state index in [-0.39, 0.29) is 0 Å². The van der Waals surface area contributed by atoms with Crippen LogP contribution >= 0.6 is 31.9 Å². The lowest BCUT2D eigenvalue weighted by Gasteiger charge is -2.10.